The highest BCUT2D eigenvalue weighted by atomic mass is 32.1. The minimum Gasteiger partial charge on any atom is -0.494 e. The van der Waals surface area contributed by atoms with Crippen LogP contribution in [0.15, 0.2) is 35.7 Å². The Labute approximate surface area is 137 Å². The van der Waals surface area contributed by atoms with E-state index in [0.717, 1.165) is 10.9 Å². The molecule has 7 heteroatoms. The predicted molar refractivity (Wildman–Crippen MR) is 85.4 cm³/mol. The van der Waals surface area contributed by atoms with Crippen molar-refractivity contribution >= 4 is 17.2 Å². The highest BCUT2D eigenvalue weighted by molar-refractivity contribution is 7.10. The molecule has 0 aliphatic carbocycles. The number of carbonyl (C=O) groups excluding carboxylic acids is 1. The average molecular weight is 339 g/mol. The normalized spacial score (nSPS) is 12.0. The second-order valence-electron chi connectivity index (χ2n) is 4.66. The number of hydrogen-bond donors (Lipinski definition) is 2. The zero-order chi connectivity index (χ0) is 16.7. The Hall–Kier alpha value is -1.96. The van der Waals surface area contributed by atoms with Crippen molar-refractivity contribution in [3.63, 3.8) is 0 Å². The topological polar surface area (TPSA) is 67.8 Å². The summed E-state index contributed by atoms with van der Waals surface area (Å²) < 4.78 is 24.0. The van der Waals surface area contributed by atoms with Gasteiger partial charge in [0, 0.05) is 17.0 Å². The fourth-order valence-electron chi connectivity index (χ4n) is 2.01. The number of ether oxygens (including phenoxy) is 2. The molecule has 1 atom stereocenters. The summed E-state index contributed by atoms with van der Waals surface area (Å²) in [6.45, 7) is 0.308. The molecular weight excluding hydrogens is 321 g/mol. The fourth-order valence-corrected chi connectivity index (χ4v) is 2.78. The minimum atomic E-state index is -0.591. The van der Waals surface area contributed by atoms with E-state index in [1.54, 1.807) is 0 Å². The smallest absolute Gasteiger partial charge is 0.251 e. The van der Waals surface area contributed by atoms with Crippen molar-refractivity contribution < 1.29 is 23.8 Å². The van der Waals surface area contributed by atoms with Crippen LogP contribution < -0.4 is 10.1 Å². The number of aliphatic hydroxyl groups excluding tert-OH is 1. The lowest BCUT2D eigenvalue weighted by atomic mass is 10.2. The molecular formula is C16H18FNO4S. The molecule has 23 heavy (non-hydrogen) atoms. The molecule has 0 saturated heterocycles. The number of rotatable bonds is 8. The van der Waals surface area contributed by atoms with Gasteiger partial charge in [0.2, 0.25) is 0 Å². The van der Waals surface area contributed by atoms with Crippen molar-refractivity contribution in [2.75, 3.05) is 26.9 Å². The zero-order valence-electron chi connectivity index (χ0n) is 12.6. The molecule has 2 N–H and O–H groups in total. The van der Waals surface area contributed by atoms with Gasteiger partial charge in [-0.3, -0.25) is 4.79 Å². The molecule has 0 bridgehead atoms. The largest absolute Gasteiger partial charge is 0.494 e. The second kappa shape index (κ2) is 8.61. The van der Waals surface area contributed by atoms with E-state index in [-0.39, 0.29) is 37.2 Å². The summed E-state index contributed by atoms with van der Waals surface area (Å²) in [5, 5.41) is 13.5. The van der Waals surface area contributed by atoms with Crippen LogP contribution in [0.2, 0.25) is 0 Å². The van der Waals surface area contributed by atoms with Gasteiger partial charge in [-0.25, -0.2) is 4.39 Å². The van der Waals surface area contributed by atoms with Gasteiger partial charge in [-0.05, 0) is 29.6 Å². The van der Waals surface area contributed by atoms with E-state index in [4.69, 9.17) is 14.6 Å². The van der Waals surface area contributed by atoms with Crippen molar-refractivity contribution in [1.82, 2.24) is 5.32 Å². The van der Waals surface area contributed by atoms with Gasteiger partial charge in [0.05, 0.1) is 20.3 Å². The highest BCUT2D eigenvalue weighted by Gasteiger charge is 2.16. The van der Waals surface area contributed by atoms with E-state index in [0.29, 0.717) is 0 Å². The van der Waals surface area contributed by atoms with Crippen LogP contribution in [-0.4, -0.2) is 37.9 Å². The molecule has 1 aromatic carbocycles. The number of carbonyl (C=O) groups is 1. The second-order valence-corrected chi connectivity index (χ2v) is 5.64. The molecule has 124 valence electrons. The Kier molecular flexibility index (Phi) is 6.52. The highest BCUT2D eigenvalue weighted by Crippen LogP contribution is 2.22. The number of thiophene rings is 1. The number of benzene rings is 1. The molecule has 0 fully saturated rings. The van der Waals surface area contributed by atoms with Crippen LogP contribution in [0.25, 0.3) is 0 Å². The Morgan fingerprint density at radius 3 is 2.87 bits per heavy atom. The third kappa shape index (κ3) is 4.75. The molecule has 1 amide bonds. The molecule has 0 spiro atoms. The van der Waals surface area contributed by atoms with Crippen LogP contribution in [0.5, 0.6) is 5.75 Å². The lowest BCUT2D eigenvalue weighted by molar-refractivity contribution is 0.0296. The molecule has 2 rings (SSSR count). The van der Waals surface area contributed by atoms with Crippen molar-refractivity contribution in [3.05, 3.63) is 52.0 Å². The number of nitrogens with one attached hydrogen (secondary N) is 1. The van der Waals surface area contributed by atoms with E-state index in [2.05, 4.69) is 5.32 Å². The van der Waals surface area contributed by atoms with Crippen LogP contribution in [-0.2, 0) is 4.74 Å². The Morgan fingerprint density at radius 1 is 1.43 bits per heavy atom. The maximum Gasteiger partial charge on any atom is 0.251 e. The monoisotopic (exact) mass is 339 g/mol. The van der Waals surface area contributed by atoms with Crippen molar-refractivity contribution in [2.45, 2.75) is 6.10 Å². The molecule has 0 aliphatic rings. The molecule has 1 aromatic heterocycles. The van der Waals surface area contributed by atoms with Gasteiger partial charge < -0.3 is 19.9 Å². The molecule has 0 radical (unpaired) electrons. The van der Waals surface area contributed by atoms with E-state index in [9.17, 15) is 9.18 Å². The number of methoxy groups -OCH3 is 1. The molecule has 1 heterocycles. The van der Waals surface area contributed by atoms with Crippen LogP contribution in [0.4, 0.5) is 4.39 Å². The van der Waals surface area contributed by atoms with E-state index in [1.807, 2.05) is 17.5 Å². The standard InChI is InChI=1S/C16H18FNO4S/c1-21-13-5-4-11(9-12(13)17)16(20)18-10-14(22-7-6-19)15-3-2-8-23-15/h2-5,8-9,14,19H,6-7,10H2,1H3,(H,18,20)/t14-/m1/s1. The lowest BCUT2D eigenvalue weighted by Gasteiger charge is -2.17. The number of halogens is 1. The molecule has 0 aliphatic heterocycles. The first-order valence-electron chi connectivity index (χ1n) is 7.03. The van der Waals surface area contributed by atoms with Gasteiger partial charge in [0.15, 0.2) is 11.6 Å². The van der Waals surface area contributed by atoms with E-state index >= 15 is 0 Å². The summed E-state index contributed by atoms with van der Waals surface area (Å²) in [4.78, 5) is 13.1. The number of hydrogen-bond acceptors (Lipinski definition) is 5. The van der Waals surface area contributed by atoms with Crippen molar-refractivity contribution in [3.8, 4) is 5.75 Å². The first kappa shape index (κ1) is 17.4. The molecule has 5 nitrogen and oxygen atoms in total. The first-order chi connectivity index (χ1) is 11.2. The Bertz CT molecular complexity index is 633. The maximum atomic E-state index is 13.6. The van der Waals surface area contributed by atoms with Crippen molar-refractivity contribution in [1.29, 1.82) is 0 Å². The Balaban J connectivity index is 1.99. The summed E-state index contributed by atoms with van der Waals surface area (Å²) in [6.07, 6.45) is -0.353. The first-order valence-corrected chi connectivity index (χ1v) is 7.91. The zero-order valence-corrected chi connectivity index (χ0v) is 13.4. The summed E-state index contributed by atoms with van der Waals surface area (Å²) >= 11 is 1.50. The van der Waals surface area contributed by atoms with E-state index < -0.39 is 11.7 Å². The van der Waals surface area contributed by atoms with Crippen LogP contribution >= 0.6 is 11.3 Å². The number of amides is 1. The number of aliphatic hydroxyl groups is 1. The van der Waals surface area contributed by atoms with Gasteiger partial charge in [-0.2, -0.15) is 0 Å². The third-order valence-corrected chi connectivity index (χ3v) is 4.10. The van der Waals surface area contributed by atoms with Crippen molar-refractivity contribution in [2.24, 2.45) is 0 Å². The molecule has 0 saturated carbocycles. The minimum absolute atomic E-state index is 0.0873. The van der Waals surface area contributed by atoms with Gasteiger partial charge in [0.1, 0.15) is 6.10 Å². The van der Waals surface area contributed by atoms with Gasteiger partial charge in [0.25, 0.3) is 5.91 Å². The lowest BCUT2D eigenvalue weighted by Crippen LogP contribution is -2.29. The van der Waals surface area contributed by atoms with Crippen LogP contribution in [0.1, 0.15) is 21.3 Å². The van der Waals surface area contributed by atoms with Gasteiger partial charge in [-0.1, -0.05) is 6.07 Å². The third-order valence-electron chi connectivity index (χ3n) is 3.13. The summed E-state index contributed by atoms with van der Waals surface area (Å²) in [7, 11) is 1.36. The SMILES string of the molecule is COc1ccc(C(=O)NC[C@@H](OCCO)c2cccs2)cc1F. The molecule has 0 unspecified atom stereocenters. The fraction of sp³-hybridized carbons (Fsp3) is 0.312. The predicted octanol–water partition coefficient (Wildman–Crippen LogP) is 2.38. The molecule has 2 aromatic rings. The van der Waals surface area contributed by atoms with Crippen LogP contribution in [0.3, 0.4) is 0 Å². The quantitative estimate of drug-likeness (QED) is 0.775. The average Bonchev–Trinajstić information content (AvgIpc) is 3.09. The summed E-state index contributed by atoms with van der Waals surface area (Å²) in [5.41, 5.74) is 0.204. The summed E-state index contributed by atoms with van der Waals surface area (Å²) in [6, 6.07) is 7.81. The maximum absolute atomic E-state index is 13.6. The Morgan fingerprint density at radius 2 is 2.26 bits per heavy atom. The van der Waals surface area contributed by atoms with Gasteiger partial charge >= 0.3 is 0 Å². The van der Waals surface area contributed by atoms with Crippen LogP contribution in [0, 0.1) is 5.82 Å². The van der Waals surface area contributed by atoms with Gasteiger partial charge in [-0.15, -0.1) is 11.3 Å². The summed E-state index contributed by atoms with van der Waals surface area (Å²) in [5.74, 6) is -0.906. The van der Waals surface area contributed by atoms with E-state index in [1.165, 1.54) is 30.6 Å².